The second-order valence-electron chi connectivity index (χ2n) is 5.02. The molecule has 1 rings (SSSR count). The molecule has 0 aliphatic carbocycles. The van der Waals surface area contributed by atoms with E-state index in [0.717, 1.165) is 5.56 Å². The van der Waals surface area contributed by atoms with E-state index >= 15 is 0 Å². The molecule has 0 bridgehead atoms. The van der Waals surface area contributed by atoms with Gasteiger partial charge in [0.05, 0.1) is 0 Å². The van der Waals surface area contributed by atoms with Gasteiger partial charge in [-0.3, -0.25) is 4.79 Å². The molecule has 1 N–H and O–H groups in total. The van der Waals surface area contributed by atoms with Crippen LogP contribution < -0.4 is 5.32 Å². The molecule has 0 aliphatic rings. The predicted molar refractivity (Wildman–Crippen MR) is 67.9 cm³/mol. The van der Waals surface area contributed by atoms with E-state index in [1.807, 2.05) is 36.4 Å². The lowest BCUT2D eigenvalue weighted by atomic mass is 9.97. The van der Waals surface area contributed by atoms with Crippen LogP contribution in [-0.2, 0) is 4.79 Å². The summed E-state index contributed by atoms with van der Waals surface area (Å²) in [6, 6.07) is 9.79. The number of rotatable bonds is 3. The van der Waals surface area contributed by atoms with Gasteiger partial charge >= 0.3 is 0 Å². The van der Waals surface area contributed by atoms with Gasteiger partial charge in [-0.05, 0) is 17.1 Å². The van der Waals surface area contributed by atoms with Crippen molar-refractivity contribution in [3.63, 3.8) is 0 Å². The number of hydrogen-bond acceptors (Lipinski definition) is 1. The highest BCUT2D eigenvalue weighted by Crippen LogP contribution is 2.10. The van der Waals surface area contributed by atoms with E-state index in [2.05, 4.69) is 26.1 Å². The molecule has 1 aromatic carbocycles. The molecule has 0 saturated carbocycles. The number of hydrogen-bond donors (Lipinski definition) is 1. The first-order chi connectivity index (χ1) is 7.47. The van der Waals surface area contributed by atoms with Crippen molar-refractivity contribution in [2.45, 2.75) is 20.8 Å². The van der Waals surface area contributed by atoms with Crippen LogP contribution in [0.4, 0.5) is 0 Å². The molecule has 0 radical (unpaired) electrons. The van der Waals surface area contributed by atoms with Gasteiger partial charge in [0.2, 0.25) is 5.91 Å². The van der Waals surface area contributed by atoms with Crippen molar-refractivity contribution in [2.24, 2.45) is 5.41 Å². The Morgan fingerprint density at radius 1 is 1.25 bits per heavy atom. The Balaban J connectivity index is 2.43. The molecular formula is C14H19NO. The van der Waals surface area contributed by atoms with Crippen molar-refractivity contribution in [3.05, 3.63) is 42.0 Å². The summed E-state index contributed by atoms with van der Waals surface area (Å²) in [5, 5.41) is 2.87. The molecule has 0 saturated heterocycles. The van der Waals surface area contributed by atoms with Crippen LogP contribution in [0.3, 0.4) is 0 Å². The lowest BCUT2D eigenvalue weighted by Crippen LogP contribution is -2.30. The zero-order valence-electron chi connectivity index (χ0n) is 10.2. The minimum Gasteiger partial charge on any atom is -0.352 e. The highest BCUT2D eigenvalue weighted by atomic mass is 16.1. The van der Waals surface area contributed by atoms with E-state index in [1.165, 1.54) is 0 Å². The molecule has 0 heterocycles. The molecule has 86 valence electrons. The zero-order chi connectivity index (χ0) is 12.0. The van der Waals surface area contributed by atoms with Gasteiger partial charge < -0.3 is 5.32 Å². The Morgan fingerprint density at radius 3 is 2.44 bits per heavy atom. The Bertz CT molecular complexity index is 360. The molecule has 1 amide bonds. The lowest BCUT2D eigenvalue weighted by molar-refractivity contribution is -0.116. The Morgan fingerprint density at radius 2 is 1.88 bits per heavy atom. The Kier molecular flexibility index (Phi) is 4.29. The Labute approximate surface area is 97.4 Å². The largest absolute Gasteiger partial charge is 0.352 e. The molecule has 2 nitrogen and oxygen atoms in total. The van der Waals surface area contributed by atoms with Crippen LogP contribution in [0, 0.1) is 5.41 Å². The fourth-order valence-corrected chi connectivity index (χ4v) is 1.15. The van der Waals surface area contributed by atoms with Crippen molar-refractivity contribution in [1.29, 1.82) is 0 Å². The first-order valence-electron chi connectivity index (χ1n) is 5.48. The van der Waals surface area contributed by atoms with Gasteiger partial charge in [-0.15, -0.1) is 0 Å². The van der Waals surface area contributed by atoms with Gasteiger partial charge in [0.15, 0.2) is 0 Å². The van der Waals surface area contributed by atoms with Gasteiger partial charge in [0.25, 0.3) is 0 Å². The van der Waals surface area contributed by atoms with Crippen molar-refractivity contribution < 1.29 is 4.79 Å². The first kappa shape index (κ1) is 12.5. The van der Waals surface area contributed by atoms with Crippen molar-refractivity contribution in [2.75, 3.05) is 6.54 Å². The van der Waals surface area contributed by atoms with E-state index in [-0.39, 0.29) is 11.3 Å². The standard InChI is InChI=1S/C14H19NO/c1-14(2,3)11-15-13(16)10-9-12-7-5-4-6-8-12/h4-10H,11H2,1-3H3,(H,15,16)/b10-9+. The summed E-state index contributed by atoms with van der Waals surface area (Å²) in [5.74, 6) is -0.0428. The van der Waals surface area contributed by atoms with Crippen molar-refractivity contribution in [3.8, 4) is 0 Å². The summed E-state index contributed by atoms with van der Waals surface area (Å²) in [4.78, 5) is 11.5. The second kappa shape index (κ2) is 5.50. The van der Waals surface area contributed by atoms with Crippen LogP contribution in [0.25, 0.3) is 6.08 Å². The lowest BCUT2D eigenvalue weighted by Gasteiger charge is -2.17. The highest BCUT2D eigenvalue weighted by Gasteiger charge is 2.10. The predicted octanol–water partition coefficient (Wildman–Crippen LogP) is 2.86. The van der Waals surface area contributed by atoms with Gasteiger partial charge in [0, 0.05) is 12.6 Å². The molecule has 0 fully saturated rings. The van der Waals surface area contributed by atoms with Gasteiger partial charge in [-0.1, -0.05) is 51.1 Å². The fraction of sp³-hybridized carbons (Fsp3) is 0.357. The van der Waals surface area contributed by atoms with E-state index in [1.54, 1.807) is 6.08 Å². The minimum atomic E-state index is -0.0428. The van der Waals surface area contributed by atoms with E-state index < -0.39 is 0 Å². The third-order valence-corrected chi connectivity index (χ3v) is 2.02. The van der Waals surface area contributed by atoms with E-state index in [0.29, 0.717) is 6.54 Å². The molecule has 0 aliphatic heterocycles. The number of nitrogens with one attached hydrogen (secondary N) is 1. The fourth-order valence-electron chi connectivity index (χ4n) is 1.15. The summed E-state index contributed by atoms with van der Waals surface area (Å²) in [7, 11) is 0. The number of amides is 1. The summed E-state index contributed by atoms with van der Waals surface area (Å²) < 4.78 is 0. The quantitative estimate of drug-likeness (QED) is 0.775. The van der Waals surface area contributed by atoms with Gasteiger partial charge in [-0.2, -0.15) is 0 Å². The smallest absolute Gasteiger partial charge is 0.244 e. The van der Waals surface area contributed by atoms with E-state index in [9.17, 15) is 4.79 Å². The van der Waals surface area contributed by atoms with Crippen LogP contribution in [0.5, 0.6) is 0 Å². The van der Waals surface area contributed by atoms with Crippen molar-refractivity contribution >= 4 is 12.0 Å². The number of carbonyl (C=O) groups is 1. The maximum atomic E-state index is 11.5. The maximum Gasteiger partial charge on any atom is 0.244 e. The second-order valence-corrected chi connectivity index (χ2v) is 5.02. The summed E-state index contributed by atoms with van der Waals surface area (Å²) >= 11 is 0. The third-order valence-electron chi connectivity index (χ3n) is 2.02. The van der Waals surface area contributed by atoms with Crippen LogP contribution in [0.2, 0.25) is 0 Å². The molecule has 16 heavy (non-hydrogen) atoms. The minimum absolute atomic E-state index is 0.0428. The Hall–Kier alpha value is -1.57. The molecule has 0 aromatic heterocycles. The molecule has 2 heteroatoms. The molecule has 1 aromatic rings. The topological polar surface area (TPSA) is 29.1 Å². The summed E-state index contributed by atoms with van der Waals surface area (Å²) in [6.45, 7) is 6.96. The summed E-state index contributed by atoms with van der Waals surface area (Å²) in [6.07, 6.45) is 3.39. The van der Waals surface area contributed by atoms with Gasteiger partial charge in [-0.25, -0.2) is 0 Å². The number of benzene rings is 1. The third kappa shape index (κ3) is 5.35. The average Bonchev–Trinajstić information content (AvgIpc) is 2.24. The SMILES string of the molecule is CC(C)(C)CNC(=O)/C=C/c1ccccc1. The normalized spacial score (nSPS) is 11.7. The molecular weight excluding hydrogens is 198 g/mol. The van der Waals surface area contributed by atoms with Crippen LogP contribution in [0.15, 0.2) is 36.4 Å². The average molecular weight is 217 g/mol. The zero-order valence-corrected chi connectivity index (χ0v) is 10.2. The number of carbonyl (C=O) groups excluding carboxylic acids is 1. The molecule has 0 unspecified atom stereocenters. The van der Waals surface area contributed by atoms with Crippen molar-refractivity contribution in [1.82, 2.24) is 5.32 Å². The van der Waals surface area contributed by atoms with Crippen LogP contribution >= 0.6 is 0 Å². The highest BCUT2D eigenvalue weighted by molar-refractivity contribution is 5.91. The first-order valence-corrected chi connectivity index (χ1v) is 5.48. The molecule has 0 spiro atoms. The van der Waals surface area contributed by atoms with Crippen LogP contribution in [-0.4, -0.2) is 12.5 Å². The maximum absolute atomic E-state index is 11.5. The monoisotopic (exact) mass is 217 g/mol. The van der Waals surface area contributed by atoms with Crippen LogP contribution in [0.1, 0.15) is 26.3 Å². The van der Waals surface area contributed by atoms with Gasteiger partial charge in [0.1, 0.15) is 0 Å². The summed E-state index contributed by atoms with van der Waals surface area (Å²) in [5.41, 5.74) is 1.16. The van der Waals surface area contributed by atoms with E-state index in [4.69, 9.17) is 0 Å². The molecule has 0 atom stereocenters.